The van der Waals surface area contributed by atoms with E-state index in [0.29, 0.717) is 21.7 Å². The highest BCUT2D eigenvalue weighted by molar-refractivity contribution is 9.10. The van der Waals surface area contributed by atoms with Crippen LogP contribution in [0.5, 0.6) is 0 Å². The van der Waals surface area contributed by atoms with Gasteiger partial charge in [-0.3, -0.25) is 4.72 Å². The second-order valence-corrected chi connectivity index (χ2v) is 7.34. The summed E-state index contributed by atoms with van der Waals surface area (Å²) in [7, 11) is -3.65. The lowest BCUT2D eigenvalue weighted by Crippen LogP contribution is -2.13. The van der Waals surface area contributed by atoms with Gasteiger partial charge in [0.1, 0.15) is 4.90 Å². The van der Waals surface area contributed by atoms with Crippen molar-refractivity contribution in [1.82, 2.24) is 10.3 Å². The molecule has 2 rings (SSSR count). The Morgan fingerprint density at radius 2 is 2.10 bits per heavy atom. The summed E-state index contributed by atoms with van der Waals surface area (Å²) in [6.07, 6.45) is 1.47. The Kier molecular flexibility index (Phi) is 5.32. The topological polar surface area (TPSA) is 74.0 Å². The number of hydrogen-bond acceptors (Lipinski definition) is 3. The van der Waals surface area contributed by atoms with Crippen LogP contribution in [0.25, 0.3) is 0 Å². The van der Waals surface area contributed by atoms with E-state index in [1.807, 2.05) is 6.92 Å². The molecule has 21 heavy (non-hydrogen) atoms. The Bertz CT molecular complexity index is 731. The molecule has 1 aromatic carbocycles. The normalized spacial score (nSPS) is 11.6. The Morgan fingerprint density at radius 1 is 1.33 bits per heavy atom. The molecular weight excluding hydrogens is 378 g/mol. The van der Waals surface area contributed by atoms with Gasteiger partial charge >= 0.3 is 0 Å². The van der Waals surface area contributed by atoms with E-state index < -0.39 is 10.0 Å². The molecule has 2 aromatic rings. The van der Waals surface area contributed by atoms with Crippen molar-refractivity contribution >= 4 is 43.2 Å². The van der Waals surface area contributed by atoms with E-state index in [1.54, 1.807) is 24.3 Å². The SMILES string of the molecule is CCNCc1cc(S(=O)(=O)Nc2cc(Cl)ccc2Br)c[nH]1. The van der Waals surface area contributed by atoms with Crippen molar-refractivity contribution in [3.8, 4) is 0 Å². The zero-order valence-electron chi connectivity index (χ0n) is 11.3. The van der Waals surface area contributed by atoms with Crippen LogP contribution in [0.3, 0.4) is 0 Å². The fraction of sp³-hybridized carbons (Fsp3) is 0.231. The van der Waals surface area contributed by atoms with Crippen molar-refractivity contribution in [3.05, 3.63) is 45.7 Å². The third-order valence-electron chi connectivity index (χ3n) is 2.76. The third-order valence-corrected chi connectivity index (χ3v) is 5.04. The minimum Gasteiger partial charge on any atom is -0.363 e. The van der Waals surface area contributed by atoms with Crippen LogP contribution in [0.15, 0.2) is 39.8 Å². The molecule has 3 N–H and O–H groups in total. The molecule has 8 heteroatoms. The Hall–Kier alpha value is -1.02. The summed E-state index contributed by atoms with van der Waals surface area (Å²) in [4.78, 5) is 3.12. The monoisotopic (exact) mass is 391 g/mol. The molecule has 0 amide bonds. The fourth-order valence-corrected chi connectivity index (χ4v) is 3.45. The van der Waals surface area contributed by atoms with Crippen LogP contribution in [0.4, 0.5) is 5.69 Å². The van der Waals surface area contributed by atoms with Crippen molar-refractivity contribution in [3.63, 3.8) is 0 Å². The quantitative estimate of drug-likeness (QED) is 0.706. The summed E-state index contributed by atoms with van der Waals surface area (Å²) >= 11 is 9.17. The number of anilines is 1. The van der Waals surface area contributed by atoms with E-state index in [2.05, 4.69) is 31.0 Å². The molecule has 0 atom stereocenters. The molecule has 0 radical (unpaired) electrons. The average Bonchev–Trinajstić information content (AvgIpc) is 2.90. The van der Waals surface area contributed by atoms with Crippen LogP contribution in [-0.4, -0.2) is 19.9 Å². The number of H-pyrrole nitrogens is 1. The van der Waals surface area contributed by atoms with Gasteiger partial charge in [-0.25, -0.2) is 8.42 Å². The average molecular weight is 393 g/mol. The maximum atomic E-state index is 12.3. The smallest absolute Gasteiger partial charge is 0.263 e. The van der Waals surface area contributed by atoms with E-state index in [9.17, 15) is 8.42 Å². The van der Waals surface area contributed by atoms with Gasteiger partial charge in [-0.15, -0.1) is 0 Å². The molecule has 0 aliphatic rings. The number of sulfonamides is 1. The molecule has 0 bridgehead atoms. The summed E-state index contributed by atoms with van der Waals surface area (Å²) in [5.41, 5.74) is 1.21. The van der Waals surface area contributed by atoms with E-state index in [0.717, 1.165) is 12.2 Å². The van der Waals surface area contributed by atoms with Crippen LogP contribution in [0.1, 0.15) is 12.6 Å². The van der Waals surface area contributed by atoms with Gasteiger partial charge in [-0.2, -0.15) is 0 Å². The number of halogens is 2. The highest BCUT2D eigenvalue weighted by Gasteiger charge is 2.17. The van der Waals surface area contributed by atoms with E-state index in [4.69, 9.17) is 11.6 Å². The van der Waals surface area contributed by atoms with Gasteiger partial charge in [0.05, 0.1) is 5.69 Å². The maximum absolute atomic E-state index is 12.3. The molecule has 0 fully saturated rings. The molecule has 0 unspecified atom stereocenters. The lowest BCUT2D eigenvalue weighted by atomic mass is 10.3. The van der Waals surface area contributed by atoms with Gasteiger partial charge in [-0.1, -0.05) is 18.5 Å². The van der Waals surface area contributed by atoms with Crippen LogP contribution >= 0.6 is 27.5 Å². The number of nitrogens with one attached hydrogen (secondary N) is 3. The summed E-state index contributed by atoms with van der Waals surface area (Å²) < 4.78 is 27.8. The number of rotatable bonds is 6. The van der Waals surface area contributed by atoms with Crippen molar-refractivity contribution in [2.75, 3.05) is 11.3 Å². The van der Waals surface area contributed by atoms with Crippen LogP contribution in [-0.2, 0) is 16.6 Å². The molecule has 0 aliphatic carbocycles. The maximum Gasteiger partial charge on any atom is 0.263 e. The first-order valence-corrected chi connectivity index (χ1v) is 8.93. The minimum atomic E-state index is -3.65. The number of aromatic amines is 1. The molecule has 1 heterocycles. The van der Waals surface area contributed by atoms with Gasteiger partial charge in [0.2, 0.25) is 0 Å². The third kappa shape index (κ3) is 4.23. The molecule has 0 saturated carbocycles. The second-order valence-electron chi connectivity index (χ2n) is 4.37. The predicted molar refractivity (Wildman–Crippen MR) is 88.1 cm³/mol. The van der Waals surface area contributed by atoms with E-state index in [1.165, 1.54) is 6.20 Å². The van der Waals surface area contributed by atoms with Gasteiger partial charge in [0, 0.05) is 27.9 Å². The predicted octanol–water partition coefficient (Wildman–Crippen LogP) is 3.34. The summed E-state index contributed by atoms with van der Waals surface area (Å²) in [6, 6.07) is 6.51. The summed E-state index contributed by atoms with van der Waals surface area (Å²) in [5.74, 6) is 0. The van der Waals surface area contributed by atoms with Gasteiger partial charge in [0.25, 0.3) is 10.0 Å². The lowest BCUT2D eigenvalue weighted by Gasteiger charge is -2.08. The lowest BCUT2D eigenvalue weighted by molar-refractivity contribution is 0.601. The summed E-state index contributed by atoms with van der Waals surface area (Å²) in [6.45, 7) is 3.39. The highest BCUT2D eigenvalue weighted by Crippen LogP contribution is 2.28. The molecule has 114 valence electrons. The van der Waals surface area contributed by atoms with Crippen molar-refractivity contribution < 1.29 is 8.42 Å². The van der Waals surface area contributed by atoms with Crippen molar-refractivity contribution in [2.45, 2.75) is 18.4 Å². The standard InChI is InChI=1S/C13H15BrClN3O2S/c1-2-16-7-10-6-11(8-17-10)21(19,20)18-13-5-9(15)3-4-12(13)14/h3-6,8,16-18H,2,7H2,1H3. The Labute approximate surface area is 137 Å². The molecule has 1 aromatic heterocycles. The first kappa shape index (κ1) is 16.4. The first-order chi connectivity index (χ1) is 9.92. The first-order valence-electron chi connectivity index (χ1n) is 6.28. The second kappa shape index (κ2) is 6.83. The van der Waals surface area contributed by atoms with Crippen LogP contribution in [0, 0.1) is 0 Å². The number of benzene rings is 1. The zero-order valence-corrected chi connectivity index (χ0v) is 14.4. The van der Waals surface area contributed by atoms with Crippen LogP contribution in [0.2, 0.25) is 5.02 Å². The molecule has 0 saturated heterocycles. The van der Waals surface area contributed by atoms with E-state index >= 15 is 0 Å². The fourth-order valence-electron chi connectivity index (χ4n) is 1.72. The van der Waals surface area contributed by atoms with Gasteiger partial charge in [-0.05, 0) is 46.7 Å². The molecule has 0 spiro atoms. The van der Waals surface area contributed by atoms with E-state index in [-0.39, 0.29) is 4.90 Å². The molecule has 0 aliphatic heterocycles. The van der Waals surface area contributed by atoms with Gasteiger partial charge in [0.15, 0.2) is 0 Å². The molecular formula is C13H15BrClN3O2S. The Balaban J connectivity index is 2.22. The zero-order chi connectivity index (χ0) is 15.5. The van der Waals surface area contributed by atoms with Gasteiger partial charge < -0.3 is 10.3 Å². The summed E-state index contributed by atoms with van der Waals surface area (Å²) in [5, 5.41) is 3.58. The van der Waals surface area contributed by atoms with Crippen LogP contribution < -0.4 is 10.0 Å². The molecule has 5 nitrogen and oxygen atoms in total. The number of aromatic nitrogens is 1. The van der Waals surface area contributed by atoms with Crippen molar-refractivity contribution in [2.24, 2.45) is 0 Å². The Morgan fingerprint density at radius 3 is 2.81 bits per heavy atom. The highest BCUT2D eigenvalue weighted by atomic mass is 79.9. The largest absolute Gasteiger partial charge is 0.363 e. The van der Waals surface area contributed by atoms with Crippen molar-refractivity contribution in [1.29, 1.82) is 0 Å². The minimum absolute atomic E-state index is 0.183. The number of hydrogen-bond donors (Lipinski definition) is 3.